The molecule has 1 unspecified atom stereocenters. The van der Waals surface area contributed by atoms with Crippen LogP contribution in [0.15, 0.2) is 0 Å². The van der Waals surface area contributed by atoms with E-state index in [2.05, 4.69) is 45.0 Å². The van der Waals surface area contributed by atoms with Gasteiger partial charge in [0.1, 0.15) is 8.07 Å². The van der Waals surface area contributed by atoms with Gasteiger partial charge in [-0.2, -0.15) is 0 Å². The van der Waals surface area contributed by atoms with Crippen LogP contribution in [0, 0.1) is 16.9 Å². The molecule has 0 aromatic rings. The molecule has 15 heavy (non-hydrogen) atoms. The van der Waals surface area contributed by atoms with Crippen LogP contribution in [0.25, 0.3) is 0 Å². The second kappa shape index (κ2) is 5.72. The summed E-state index contributed by atoms with van der Waals surface area (Å²) in [6, 6.07) is 0. The standard InChI is InChI=1S/C13H26OSi/c1-7-12(14)11-13(2,3)9-8-10-15(4,5)6/h12,14H,7,9,11H2,1-6H3. The van der Waals surface area contributed by atoms with E-state index >= 15 is 0 Å². The number of hydrogen-bond donors (Lipinski definition) is 1. The lowest BCUT2D eigenvalue weighted by Crippen LogP contribution is -2.20. The molecule has 0 aromatic carbocycles. The molecule has 0 rings (SSSR count). The van der Waals surface area contributed by atoms with Crippen LogP contribution in [0.5, 0.6) is 0 Å². The predicted molar refractivity (Wildman–Crippen MR) is 70.4 cm³/mol. The highest BCUT2D eigenvalue weighted by Gasteiger charge is 2.20. The highest BCUT2D eigenvalue weighted by Crippen LogP contribution is 2.27. The van der Waals surface area contributed by atoms with Gasteiger partial charge in [0.15, 0.2) is 0 Å². The lowest BCUT2D eigenvalue weighted by molar-refractivity contribution is 0.112. The minimum Gasteiger partial charge on any atom is -0.393 e. The number of hydrogen-bond acceptors (Lipinski definition) is 1. The normalized spacial score (nSPS) is 14.3. The van der Waals surface area contributed by atoms with E-state index in [0.29, 0.717) is 0 Å². The van der Waals surface area contributed by atoms with Gasteiger partial charge in [-0.25, -0.2) is 0 Å². The summed E-state index contributed by atoms with van der Waals surface area (Å²) < 4.78 is 0. The topological polar surface area (TPSA) is 20.2 Å². The molecular formula is C13H26OSi. The van der Waals surface area contributed by atoms with Crippen molar-refractivity contribution in [3.8, 4) is 11.5 Å². The van der Waals surface area contributed by atoms with Crippen molar-refractivity contribution in [1.29, 1.82) is 0 Å². The maximum atomic E-state index is 9.61. The minimum atomic E-state index is -1.23. The first-order valence-electron chi connectivity index (χ1n) is 5.84. The van der Waals surface area contributed by atoms with Gasteiger partial charge < -0.3 is 5.11 Å². The monoisotopic (exact) mass is 226 g/mol. The van der Waals surface area contributed by atoms with Gasteiger partial charge in [-0.3, -0.25) is 0 Å². The Labute approximate surface area is 96.3 Å². The summed E-state index contributed by atoms with van der Waals surface area (Å²) in [4.78, 5) is 0. The molecule has 0 aliphatic heterocycles. The predicted octanol–water partition coefficient (Wildman–Crippen LogP) is 3.44. The van der Waals surface area contributed by atoms with Crippen LogP contribution in [0.1, 0.15) is 40.0 Å². The molecule has 0 heterocycles. The van der Waals surface area contributed by atoms with Crippen LogP contribution in [0.4, 0.5) is 0 Å². The second-order valence-electron chi connectivity index (χ2n) is 6.16. The first-order chi connectivity index (χ1) is 6.66. The zero-order valence-corrected chi connectivity index (χ0v) is 12.1. The van der Waals surface area contributed by atoms with Crippen molar-refractivity contribution in [2.75, 3.05) is 0 Å². The lowest BCUT2D eigenvalue weighted by Gasteiger charge is -2.24. The molecule has 0 spiro atoms. The van der Waals surface area contributed by atoms with Crippen molar-refractivity contribution in [1.82, 2.24) is 0 Å². The Balaban J connectivity index is 4.19. The summed E-state index contributed by atoms with van der Waals surface area (Å²) in [5, 5.41) is 9.61. The van der Waals surface area contributed by atoms with Crippen LogP contribution in [0.3, 0.4) is 0 Å². The van der Waals surface area contributed by atoms with Gasteiger partial charge in [0.25, 0.3) is 0 Å². The third kappa shape index (κ3) is 8.71. The fourth-order valence-corrected chi connectivity index (χ4v) is 2.02. The van der Waals surface area contributed by atoms with E-state index in [1.54, 1.807) is 0 Å². The van der Waals surface area contributed by atoms with Crippen LogP contribution >= 0.6 is 0 Å². The summed E-state index contributed by atoms with van der Waals surface area (Å²) >= 11 is 0. The lowest BCUT2D eigenvalue weighted by atomic mass is 9.83. The second-order valence-corrected chi connectivity index (χ2v) is 10.9. The van der Waals surface area contributed by atoms with Crippen molar-refractivity contribution in [3.05, 3.63) is 0 Å². The Kier molecular flexibility index (Phi) is 5.62. The molecular weight excluding hydrogens is 200 g/mol. The van der Waals surface area contributed by atoms with E-state index < -0.39 is 8.07 Å². The van der Waals surface area contributed by atoms with E-state index in [0.717, 1.165) is 19.3 Å². The van der Waals surface area contributed by atoms with E-state index in [4.69, 9.17) is 0 Å². The van der Waals surface area contributed by atoms with E-state index in [-0.39, 0.29) is 11.5 Å². The molecule has 0 fully saturated rings. The van der Waals surface area contributed by atoms with Crippen molar-refractivity contribution >= 4 is 8.07 Å². The Morgan fingerprint density at radius 1 is 1.27 bits per heavy atom. The number of aliphatic hydroxyl groups is 1. The van der Waals surface area contributed by atoms with Crippen LogP contribution in [0.2, 0.25) is 19.6 Å². The molecule has 1 N–H and O–H groups in total. The van der Waals surface area contributed by atoms with Crippen LogP contribution < -0.4 is 0 Å². The molecule has 88 valence electrons. The van der Waals surface area contributed by atoms with Gasteiger partial charge in [0.05, 0.1) is 6.10 Å². The third-order valence-electron chi connectivity index (χ3n) is 2.29. The van der Waals surface area contributed by atoms with Gasteiger partial charge in [-0.1, -0.05) is 40.4 Å². The van der Waals surface area contributed by atoms with Gasteiger partial charge >= 0.3 is 0 Å². The summed E-state index contributed by atoms with van der Waals surface area (Å²) in [7, 11) is -1.23. The average Bonchev–Trinajstić information content (AvgIpc) is 2.00. The summed E-state index contributed by atoms with van der Waals surface area (Å²) in [6.07, 6.45) is 2.41. The fraction of sp³-hybridized carbons (Fsp3) is 0.846. The smallest absolute Gasteiger partial charge is 0.129 e. The Morgan fingerprint density at radius 2 is 1.80 bits per heavy atom. The highest BCUT2D eigenvalue weighted by atomic mass is 28.3. The molecule has 0 aliphatic carbocycles. The number of aliphatic hydroxyl groups excluding tert-OH is 1. The first-order valence-corrected chi connectivity index (χ1v) is 9.34. The number of rotatable bonds is 4. The van der Waals surface area contributed by atoms with E-state index in [1.165, 1.54) is 0 Å². The van der Waals surface area contributed by atoms with Gasteiger partial charge in [-0.05, 0) is 18.3 Å². The molecule has 0 saturated carbocycles. The summed E-state index contributed by atoms with van der Waals surface area (Å²) in [5.74, 6) is 3.30. The summed E-state index contributed by atoms with van der Waals surface area (Å²) in [6.45, 7) is 13.2. The quantitative estimate of drug-likeness (QED) is 0.575. The highest BCUT2D eigenvalue weighted by molar-refractivity contribution is 6.83. The SMILES string of the molecule is CCC(O)CC(C)(C)CC#C[Si](C)(C)C. The van der Waals surface area contributed by atoms with Crippen LogP contribution in [-0.2, 0) is 0 Å². The molecule has 0 bridgehead atoms. The zero-order chi connectivity index (χ0) is 12.1. The largest absolute Gasteiger partial charge is 0.393 e. The molecule has 0 saturated heterocycles. The maximum Gasteiger partial charge on any atom is 0.129 e. The Morgan fingerprint density at radius 3 is 2.20 bits per heavy atom. The molecule has 0 aliphatic rings. The molecule has 0 radical (unpaired) electrons. The van der Waals surface area contributed by atoms with Gasteiger partial charge in [0, 0.05) is 6.42 Å². The van der Waals surface area contributed by atoms with Crippen molar-refractivity contribution in [3.63, 3.8) is 0 Å². The molecule has 0 aromatic heterocycles. The Bertz CT molecular complexity index is 239. The van der Waals surface area contributed by atoms with E-state index in [9.17, 15) is 5.11 Å². The third-order valence-corrected chi connectivity index (χ3v) is 3.22. The van der Waals surface area contributed by atoms with Crippen molar-refractivity contribution in [2.45, 2.75) is 65.8 Å². The van der Waals surface area contributed by atoms with Gasteiger partial charge in [0.2, 0.25) is 0 Å². The van der Waals surface area contributed by atoms with Crippen molar-refractivity contribution in [2.24, 2.45) is 5.41 Å². The van der Waals surface area contributed by atoms with E-state index in [1.807, 2.05) is 6.92 Å². The zero-order valence-electron chi connectivity index (χ0n) is 11.1. The Hall–Kier alpha value is -0.263. The summed E-state index contributed by atoms with van der Waals surface area (Å²) in [5.41, 5.74) is 3.52. The average molecular weight is 226 g/mol. The molecule has 1 nitrogen and oxygen atoms in total. The first kappa shape index (κ1) is 14.7. The molecule has 1 atom stereocenters. The fourth-order valence-electron chi connectivity index (χ4n) is 1.40. The minimum absolute atomic E-state index is 0.141. The van der Waals surface area contributed by atoms with Gasteiger partial charge in [-0.15, -0.1) is 11.5 Å². The molecule has 2 heteroatoms. The van der Waals surface area contributed by atoms with Crippen LogP contribution in [-0.4, -0.2) is 19.3 Å². The molecule has 0 amide bonds. The maximum absolute atomic E-state index is 9.61. The van der Waals surface area contributed by atoms with Crippen molar-refractivity contribution < 1.29 is 5.11 Å².